The third-order valence-corrected chi connectivity index (χ3v) is 5.79. The first-order valence-corrected chi connectivity index (χ1v) is 13.4. The van der Waals surface area contributed by atoms with Crippen LogP contribution in [0.2, 0.25) is 0 Å². The maximum Gasteiger partial charge on any atom is 0.319 e. The van der Waals surface area contributed by atoms with Crippen molar-refractivity contribution >= 4 is 35.4 Å². The third-order valence-electron chi connectivity index (χ3n) is 5.24. The van der Waals surface area contributed by atoms with E-state index in [1.165, 1.54) is 11.8 Å². The average Bonchev–Trinajstić information content (AvgIpc) is 2.89. The van der Waals surface area contributed by atoms with E-state index in [1.54, 1.807) is 49.9 Å². The van der Waals surface area contributed by atoms with E-state index in [4.69, 9.17) is 9.47 Å². The standard InChI is InChI=1S/C26H35N5O5S/c1-8-27-23(34)28-17-11-9-16(10-12-17)20-19-21(30-24(29-20)37-7)36-26(5,6)15-31(22(19)33)14-13-18(32)35-25(2,3)4/h9-12H,8,13-15H2,1-7H3,(H2,27,28,34). The Kier molecular flexibility index (Phi) is 8.68. The Labute approximate surface area is 221 Å². The van der Waals surface area contributed by atoms with Crippen LogP contribution in [0.5, 0.6) is 5.88 Å². The molecule has 1 aromatic heterocycles. The molecule has 10 nitrogen and oxygen atoms in total. The number of hydrogen-bond donors (Lipinski definition) is 2. The molecule has 1 aliphatic heterocycles. The van der Waals surface area contributed by atoms with E-state index in [9.17, 15) is 14.4 Å². The van der Waals surface area contributed by atoms with Crippen LogP contribution >= 0.6 is 11.8 Å². The molecule has 2 heterocycles. The summed E-state index contributed by atoms with van der Waals surface area (Å²) >= 11 is 1.34. The molecule has 0 unspecified atom stereocenters. The summed E-state index contributed by atoms with van der Waals surface area (Å²) in [7, 11) is 0. The lowest BCUT2D eigenvalue weighted by atomic mass is 10.0. The Morgan fingerprint density at radius 1 is 1.19 bits per heavy atom. The van der Waals surface area contributed by atoms with Crippen molar-refractivity contribution in [2.75, 3.05) is 31.2 Å². The second kappa shape index (κ2) is 11.4. The normalized spacial score (nSPS) is 14.8. The average molecular weight is 530 g/mol. The molecule has 0 spiro atoms. The molecular formula is C26H35N5O5S. The van der Waals surface area contributed by atoms with Gasteiger partial charge in [0.2, 0.25) is 5.88 Å². The largest absolute Gasteiger partial charge is 0.469 e. The fourth-order valence-corrected chi connectivity index (χ4v) is 4.17. The molecule has 0 saturated heterocycles. The molecule has 0 aliphatic carbocycles. The van der Waals surface area contributed by atoms with Crippen molar-refractivity contribution in [2.45, 2.75) is 64.3 Å². The highest BCUT2D eigenvalue weighted by Gasteiger charge is 2.37. The quantitative estimate of drug-likeness (QED) is 0.308. The highest BCUT2D eigenvalue weighted by Crippen LogP contribution is 2.36. The van der Waals surface area contributed by atoms with Crippen LogP contribution in [0.4, 0.5) is 10.5 Å². The topological polar surface area (TPSA) is 123 Å². The number of carbonyl (C=O) groups excluding carboxylic acids is 3. The number of thioether (sulfide) groups is 1. The highest BCUT2D eigenvalue weighted by molar-refractivity contribution is 7.98. The maximum atomic E-state index is 13.8. The molecule has 0 bridgehead atoms. The van der Waals surface area contributed by atoms with E-state index in [1.807, 2.05) is 27.0 Å². The molecule has 0 saturated carbocycles. The van der Waals surface area contributed by atoms with Crippen LogP contribution in [0, 0.1) is 0 Å². The van der Waals surface area contributed by atoms with Crippen molar-refractivity contribution in [2.24, 2.45) is 0 Å². The summed E-state index contributed by atoms with van der Waals surface area (Å²) in [6.45, 7) is 11.9. The second-order valence-electron chi connectivity index (χ2n) is 10.2. The van der Waals surface area contributed by atoms with Gasteiger partial charge in [0.15, 0.2) is 5.16 Å². The third kappa shape index (κ3) is 7.58. The van der Waals surface area contributed by atoms with Gasteiger partial charge in [0.05, 0.1) is 18.7 Å². The van der Waals surface area contributed by atoms with E-state index in [0.29, 0.717) is 28.6 Å². The van der Waals surface area contributed by atoms with Gasteiger partial charge in [-0.1, -0.05) is 23.9 Å². The number of amides is 3. The van der Waals surface area contributed by atoms with Gasteiger partial charge in [-0.15, -0.1) is 0 Å². The lowest BCUT2D eigenvalue weighted by molar-refractivity contribution is -0.155. The predicted octanol–water partition coefficient (Wildman–Crippen LogP) is 4.35. The smallest absolute Gasteiger partial charge is 0.319 e. The van der Waals surface area contributed by atoms with Crippen molar-refractivity contribution in [1.82, 2.24) is 20.2 Å². The van der Waals surface area contributed by atoms with Crippen LogP contribution in [0.1, 0.15) is 58.3 Å². The summed E-state index contributed by atoms with van der Waals surface area (Å²) < 4.78 is 11.7. The number of anilines is 1. The minimum atomic E-state index is -0.753. The molecule has 0 radical (unpaired) electrons. The lowest BCUT2D eigenvalue weighted by Crippen LogP contribution is -2.44. The number of aromatic nitrogens is 2. The molecule has 3 rings (SSSR count). The van der Waals surface area contributed by atoms with E-state index < -0.39 is 11.2 Å². The van der Waals surface area contributed by atoms with Crippen molar-refractivity contribution in [1.29, 1.82) is 0 Å². The maximum absolute atomic E-state index is 13.8. The molecule has 2 N–H and O–H groups in total. The Morgan fingerprint density at radius 3 is 2.46 bits per heavy atom. The van der Waals surface area contributed by atoms with Crippen molar-refractivity contribution in [3.05, 3.63) is 29.8 Å². The minimum Gasteiger partial charge on any atom is -0.469 e. The summed E-state index contributed by atoms with van der Waals surface area (Å²) in [5, 5.41) is 5.90. The number of urea groups is 1. The van der Waals surface area contributed by atoms with Crippen LogP contribution < -0.4 is 15.4 Å². The summed E-state index contributed by atoms with van der Waals surface area (Å²) in [4.78, 5) is 48.8. The van der Waals surface area contributed by atoms with Gasteiger partial charge >= 0.3 is 12.0 Å². The molecule has 1 aromatic carbocycles. The van der Waals surface area contributed by atoms with E-state index >= 15 is 0 Å². The Bertz CT molecular complexity index is 1160. The van der Waals surface area contributed by atoms with Crippen LogP contribution in [-0.2, 0) is 9.53 Å². The van der Waals surface area contributed by atoms with Gasteiger partial charge in [-0.2, -0.15) is 4.98 Å². The molecular weight excluding hydrogens is 494 g/mol. The number of fused-ring (bicyclic) bond motifs is 1. The van der Waals surface area contributed by atoms with Crippen molar-refractivity contribution in [3.8, 4) is 17.1 Å². The summed E-state index contributed by atoms with van der Waals surface area (Å²) in [5.41, 5.74) is 0.557. The summed E-state index contributed by atoms with van der Waals surface area (Å²) in [6, 6.07) is 6.74. The number of rotatable bonds is 7. The molecule has 11 heteroatoms. The number of carbonyl (C=O) groups is 3. The summed E-state index contributed by atoms with van der Waals surface area (Å²) in [5.74, 6) is -0.502. The number of nitrogens with zero attached hydrogens (tertiary/aromatic N) is 3. The molecule has 3 amide bonds. The number of nitrogens with one attached hydrogen (secondary N) is 2. The van der Waals surface area contributed by atoms with Gasteiger partial charge in [0.25, 0.3) is 5.91 Å². The Morgan fingerprint density at radius 2 is 1.86 bits per heavy atom. The summed E-state index contributed by atoms with van der Waals surface area (Å²) in [6.07, 6.45) is 1.90. The molecule has 1 aliphatic rings. The number of ether oxygens (including phenoxy) is 2. The monoisotopic (exact) mass is 529 g/mol. The Hall–Kier alpha value is -3.34. The lowest BCUT2D eigenvalue weighted by Gasteiger charge is -2.29. The van der Waals surface area contributed by atoms with Gasteiger partial charge in [-0.05, 0) is 59.9 Å². The van der Waals surface area contributed by atoms with E-state index in [0.717, 1.165) is 0 Å². The van der Waals surface area contributed by atoms with Crippen molar-refractivity contribution in [3.63, 3.8) is 0 Å². The first-order valence-electron chi connectivity index (χ1n) is 12.1. The fraction of sp³-hybridized carbons (Fsp3) is 0.500. The first-order chi connectivity index (χ1) is 17.3. The zero-order valence-electron chi connectivity index (χ0n) is 22.4. The predicted molar refractivity (Wildman–Crippen MR) is 143 cm³/mol. The molecule has 200 valence electrons. The second-order valence-corrected chi connectivity index (χ2v) is 11.0. The van der Waals surface area contributed by atoms with Crippen LogP contribution in [0.25, 0.3) is 11.3 Å². The van der Waals surface area contributed by atoms with E-state index in [2.05, 4.69) is 20.6 Å². The molecule has 0 atom stereocenters. The van der Waals surface area contributed by atoms with Crippen LogP contribution in [0.3, 0.4) is 0 Å². The van der Waals surface area contributed by atoms with Crippen LogP contribution in [-0.4, -0.2) is 69.9 Å². The minimum absolute atomic E-state index is 0.0493. The van der Waals surface area contributed by atoms with Gasteiger partial charge in [-0.25, -0.2) is 9.78 Å². The molecule has 0 fully saturated rings. The van der Waals surface area contributed by atoms with Crippen LogP contribution in [0.15, 0.2) is 29.4 Å². The zero-order chi connectivity index (χ0) is 27.4. The fourth-order valence-electron chi connectivity index (χ4n) is 3.82. The van der Waals surface area contributed by atoms with Gasteiger partial charge in [0, 0.05) is 24.3 Å². The number of benzene rings is 1. The van der Waals surface area contributed by atoms with Gasteiger partial charge < -0.3 is 25.0 Å². The molecule has 37 heavy (non-hydrogen) atoms. The van der Waals surface area contributed by atoms with Gasteiger partial charge in [0.1, 0.15) is 16.8 Å². The number of hydrogen-bond acceptors (Lipinski definition) is 8. The zero-order valence-corrected chi connectivity index (χ0v) is 23.2. The highest BCUT2D eigenvalue weighted by atomic mass is 32.2. The van der Waals surface area contributed by atoms with E-state index in [-0.39, 0.29) is 48.9 Å². The molecule has 2 aromatic rings. The van der Waals surface area contributed by atoms with Crippen molar-refractivity contribution < 1.29 is 23.9 Å². The Balaban J connectivity index is 1.98. The van der Waals surface area contributed by atoms with Gasteiger partial charge in [-0.3, -0.25) is 9.59 Å². The number of esters is 1. The first kappa shape index (κ1) is 28.2. The SMILES string of the molecule is CCNC(=O)Nc1ccc(-c2nc(SC)nc3c2C(=O)N(CCC(=O)OC(C)(C)C)CC(C)(C)O3)cc1.